The van der Waals surface area contributed by atoms with Crippen molar-refractivity contribution in [1.29, 1.82) is 0 Å². The third kappa shape index (κ3) is 4.98. The van der Waals surface area contributed by atoms with E-state index in [0.717, 1.165) is 17.7 Å². The van der Waals surface area contributed by atoms with Crippen LogP contribution < -0.4 is 20.1 Å². The van der Waals surface area contributed by atoms with Gasteiger partial charge in [-0.3, -0.25) is 14.5 Å². The van der Waals surface area contributed by atoms with E-state index in [4.69, 9.17) is 9.47 Å². The Morgan fingerprint density at radius 1 is 1.18 bits per heavy atom. The quantitative estimate of drug-likeness (QED) is 0.577. The second kappa shape index (κ2) is 10.1. The van der Waals surface area contributed by atoms with E-state index in [1.165, 1.54) is 19.3 Å². The van der Waals surface area contributed by atoms with Crippen molar-refractivity contribution >= 4 is 23.7 Å². The van der Waals surface area contributed by atoms with Gasteiger partial charge in [-0.2, -0.15) is 0 Å². The van der Waals surface area contributed by atoms with Crippen LogP contribution >= 0.6 is 0 Å². The Kier molecular flexibility index (Phi) is 7.00. The number of carbonyl (C=O) groups excluding carboxylic acids is 3. The maximum atomic E-state index is 13.1. The van der Waals surface area contributed by atoms with Gasteiger partial charge >= 0.3 is 6.03 Å². The molecule has 2 fully saturated rings. The molecule has 1 saturated heterocycles. The van der Waals surface area contributed by atoms with Crippen LogP contribution in [0.2, 0.25) is 0 Å². The van der Waals surface area contributed by atoms with Crippen LogP contribution in [0.15, 0.2) is 42.6 Å². The van der Waals surface area contributed by atoms with Crippen LogP contribution in [0.4, 0.5) is 10.6 Å². The van der Waals surface area contributed by atoms with Crippen LogP contribution in [0, 0.1) is 5.92 Å². The van der Waals surface area contributed by atoms with Crippen molar-refractivity contribution in [2.24, 2.45) is 5.92 Å². The minimum atomic E-state index is -1.27. The van der Waals surface area contributed by atoms with Crippen molar-refractivity contribution in [3.8, 4) is 11.5 Å². The molecule has 1 saturated carbocycles. The fourth-order valence-corrected chi connectivity index (χ4v) is 4.44. The van der Waals surface area contributed by atoms with Gasteiger partial charge < -0.3 is 20.1 Å². The summed E-state index contributed by atoms with van der Waals surface area (Å²) < 4.78 is 11.1. The van der Waals surface area contributed by atoms with Crippen molar-refractivity contribution < 1.29 is 23.9 Å². The largest absolute Gasteiger partial charge is 0.497 e. The Bertz CT molecular complexity index is 1050. The van der Waals surface area contributed by atoms with E-state index in [1.807, 2.05) is 0 Å². The molecule has 1 atom stereocenters. The molecule has 2 N–H and O–H groups in total. The standard InChI is InChI=1S/C25H30N4O5/c1-25(18-10-12-19(33-2)13-11-18)23(31)29(24(32)28-25)15-21(30)27-22-20(9-6-14-26-22)34-16-17-7-4-3-5-8-17/h6,9-14,17H,3-5,7-8,15-16H2,1-2H3,(H,28,32)(H,26,27,30). The first-order chi connectivity index (χ1) is 16.4. The highest BCUT2D eigenvalue weighted by Gasteiger charge is 2.49. The zero-order chi connectivity index (χ0) is 24.1. The molecule has 2 aliphatic rings. The Labute approximate surface area is 198 Å². The molecule has 180 valence electrons. The first-order valence-electron chi connectivity index (χ1n) is 11.6. The minimum absolute atomic E-state index is 0.272. The van der Waals surface area contributed by atoms with Gasteiger partial charge in [0.1, 0.15) is 17.8 Å². The first kappa shape index (κ1) is 23.5. The lowest BCUT2D eigenvalue weighted by Gasteiger charge is -2.23. The van der Waals surface area contributed by atoms with Gasteiger partial charge in [0.2, 0.25) is 5.91 Å². The fourth-order valence-electron chi connectivity index (χ4n) is 4.44. The zero-order valence-corrected chi connectivity index (χ0v) is 19.5. The van der Waals surface area contributed by atoms with Gasteiger partial charge in [-0.1, -0.05) is 31.4 Å². The third-order valence-electron chi connectivity index (χ3n) is 6.47. The number of methoxy groups -OCH3 is 1. The number of hydrogen-bond acceptors (Lipinski definition) is 6. The predicted octanol–water partition coefficient (Wildman–Crippen LogP) is 3.46. The van der Waals surface area contributed by atoms with E-state index in [-0.39, 0.29) is 5.82 Å². The predicted molar refractivity (Wildman–Crippen MR) is 126 cm³/mol. The second-order valence-corrected chi connectivity index (χ2v) is 8.89. The van der Waals surface area contributed by atoms with E-state index < -0.39 is 29.9 Å². The van der Waals surface area contributed by atoms with Crippen molar-refractivity contribution in [3.05, 3.63) is 48.2 Å². The molecule has 9 nitrogen and oxygen atoms in total. The number of benzene rings is 1. The smallest absolute Gasteiger partial charge is 0.325 e. The summed E-state index contributed by atoms with van der Waals surface area (Å²) in [5.74, 6) is 0.836. The van der Waals surface area contributed by atoms with Gasteiger partial charge in [0, 0.05) is 6.20 Å². The number of rotatable bonds is 8. The average molecular weight is 467 g/mol. The Morgan fingerprint density at radius 2 is 1.91 bits per heavy atom. The molecular formula is C25H30N4O5. The number of aromatic nitrogens is 1. The van der Waals surface area contributed by atoms with Crippen molar-refractivity contribution in [3.63, 3.8) is 0 Å². The van der Waals surface area contributed by atoms with E-state index >= 15 is 0 Å². The lowest BCUT2D eigenvalue weighted by molar-refractivity contribution is -0.133. The Hall–Kier alpha value is -3.62. The summed E-state index contributed by atoms with van der Waals surface area (Å²) in [6, 6.07) is 9.71. The van der Waals surface area contributed by atoms with Crippen LogP contribution in [-0.2, 0) is 15.1 Å². The number of urea groups is 1. The Balaban J connectivity index is 1.40. The number of nitrogens with one attached hydrogen (secondary N) is 2. The first-order valence-corrected chi connectivity index (χ1v) is 11.6. The maximum Gasteiger partial charge on any atom is 0.325 e. The number of hydrogen-bond donors (Lipinski definition) is 2. The molecule has 1 aliphatic carbocycles. The van der Waals surface area contributed by atoms with Gasteiger partial charge in [0.25, 0.3) is 5.91 Å². The highest BCUT2D eigenvalue weighted by atomic mass is 16.5. The van der Waals surface area contributed by atoms with Gasteiger partial charge in [-0.25, -0.2) is 9.78 Å². The maximum absolute atomic E-state index is 13.1. The molecule has 4 amide bonds. The topological polar surface area (TPSA) is 110 Å². The van der Waals surface area contributed by atoms with Crippen LogP contribution in [0.3, 0.4) is 0 Å². The molecule has 0 radical (unpaired) electrons. The van der Waals surface area contributed by atoms with E-state index in [1.54, 1.807) is 56.6 Å². The van der Waals surface area contributed by atoms with E-state index in [9.17, 15) is 14.4 Å². The molecule has 1 unspecified atom stereocenters. The molecule has 34 heavy (non-hydrogen) atoms. The van der Waals surface area contributed by atoms with Crippen molar-refractivity contribution in [2.75, 3.05) is 25.6 Å². The molecule has 9 heteroatoms. The molecule has 0 bridgehead atoms. The molecule has 1 aliphatic heterocycles. The molecule has 1 aromatic carbocycles. The average Bonchev–Trinajstić information content (AvgIpc) is 3.08. The molecule has 2 heterocycles. The number of imide groups is 1. The van der Waals surface area contributed by atoms with E-state index in [0.29, 0.717) is 29.6 Å². The van der Waals surface area contributed by atoms with Gasteiger partial charge in [-0.15, -0.1) is 0 Å². The van der Waals surface area contributed by atoms with Crippen LogP contribution in [0.5, 0.6) is 11.5 Å². The summed E-state index contributed by atoms with van der Waals surface area (Å²) in [5.41, 5.74) is -0.680. The second-order valence-electron chi connectivity index (χ2n) is 8.89. The third-order valence-corrected chi connectivity index (χ3v) is 6.47. The summed E-state index contributed by atoms with van der Waals surface area (Å²) >= 11 is 0. The van der Waals surface area contributed by atoms with E-state index in [2.05, 4.69) is 15.6 Å². The molecular weight excluding hydrogens is 436 g/mol. The number of ether oxygens (including phenoxy) is 2. The lowest BCUT2D eigenvalue weighted by Crippen LogP contribution is -2.42. The summed E-state index contributed by atoms with van der Waals surface area (Å²) in [4.78, 5) is 43.6. The number of nitrogens with zero attached hydrogens (tertiary/aromatic N) is 2. The minimum Gasteiger partial charge on any atom is -0.497 e. The summed E-state index contributed by atoms with van der Waals surface area (Å²) in [7, 11) is 1.55. The van der Waals surface area contributed by atoms with Crippen LogP contribution in [-0.4, -0.2) is 48.0 Å². The SMILES string of the molecule is COc1ccc(C2(C)NC(=O)N(CC(=O)Nc3ncccc3OCC3CCCCC3)C2=O)cc1. The van der Waals surface area contributed by atoms with Crippen molar-refractivity contribution in [2.45, 2.75) is 44.6 Å². The summed E-state index contributed by atoms with van der Waals surface area (Å²) in [6.45, 7) is 1.75. The van der Waals surface area contributed by atoms with Gasteiger partial charge in [0.15, 0.2) is 11.6 Å². The fraction of sp³-hybridized carbons (Fsp3) is 0.440. The van der Waals surface area contributed by atoms with Gasteiger partial charge in [0.05, 0.1) is 13.7 Å². The lowest BCUT2D eigenvalue weighted by atomic mass is 9.90. The number of pyridine rings is 1. The molecule has 2 aromatic rings. The number of carbonyl (C=O) groups is 3. The number of amides is 4. The summed E-state index contributed by atoms with van der Waals surface area (Å²) in [6.07, 6.45) is 7.53. The zero-order valence-electron chi connectivity index (χ0n) is 19.5. The van der Waals surface area contributed by atoms with Crippen LogP contribution in [0.25, 0.3) is 0 Å². The normalized spacial score (nSPS) is 20.7. The molecule has 1 aromatic heterocycles. The number of anilines is 1. The molecule has 0 spiro atoms. The summed E-state index contributed by atoms with van der Waals surface area (Å²) in [5, 5.41) is 5.38. The highest BCUT2D eigenvalue weighted by molar-refractivity contribution is 6.10. The monoisotopic (exact) mass is 466 g/mol. The molecule has 4 rings (SSSR count). The van der Waals surface area contributed by atoms with Crippen molar-refractivity contribution in [1.82, 2.24) is 15.2 Å². The Morgan fingerprint density at radius 3 is 2.62 bits per heavy atom. The van der Waals surface area contributed by atoms with Crippen LogP contribution in [0.1, 0.15) is 44.6 Å². The highest BCUT2D eigenvalue weighted by Crippen LogP contribution is 2.30. The van der Waals surface area contributed by atoms with Gasteiger partial charge in [-0.05, 0) is 55.5 Å².